The van der Waals surface area contributed by atoms with Gasteiger partial charge in [-0.25, -0.2) is 0 Å². The molecular formula is C10H9BrN2O2S. The number of aromatic hydroxyl groups is 1. The molecule has 1 aromatic carbocycles. The molecule has 0 bridgehead atoms. The Labute approximate surface area is 104 Å². The van der Waals surface area contributed by atoms with Gasteiger partial charge in [0.15, 0.2) is 0 Å². The molecule has 6 heteroatoms. The summed E-state index contributed by atoms with van der Waals surface area (Å²) < 4.78 is 1.39. The van der Waals surface area contributed by atoms with Crippen molar-refractivity contribution in [3.8, 4) is 5.75 Å². The summed E-state index contributed by atoms with van der Waals surface area (Å²) in [5, 5.41) is 13.9. The average Bonchev–Trinajstić information content (AvgIpc) is 2.62. The van der Waals surface area contributed by atoms with Gasteiger partial charge in [-0.15, -0.1) is 11.3 Å². The van der Waals surface area contributed by atoms with Crippen LogP contribution in [-0.2, 0) is 0 Å². The zero-order valence-electron chi connectivity index (χ0n) is 8.37. The molecule has 4 nitrogen and oxygen atoms in total. The number of carbonyl (C=O) groups excluding carboxylic acids is 1. The predicted octanol–water partition coefficient (Wildman–Crippen LogP) is 2.51. The molecule has 1 heterocycles. The maximum Gasteiger partial charge on any atom is 0.252 e. The summed E-state index contributed by atoms with van der Waals surface area (Å²) in [4.78, 5) is 11.4. The topological polar surface area (TPSA) is 75.3 Å². The van der Waals surface area contributed by atoms with Crippen LogP contribution in [0.4, 0.5) is 5.00 Å². The lowest BCUT2D eigenvalue weighted by Gasteiger charge is -1.99. The van der Waals surface area contributed by atoms with Gasteiger partial charge >= 0.3 is 0 Å². The van der Waals surface area contributed by atoms with E-state index in [1.807, 2.05) is 0 Å². The molecule has 4 N–H and O–H groups in total. The number of thiophene rings is 1. The van der Waals surface area contributed by atoms with Crippen molar-refractivity contribution in [1.82, 2.24) is 0 Å². The van der Waals surface area contributed by atoms with E-state index in [4.69, 9.17) is 5.73 Å². The summed E-state index contributed by atoms with van der Waals surface area (Å²) in [6.07, 6.45) is 0. The van der Waals surface area contributed by atoms with Gasteiger partial charge in [0.2, 0.25) is 0 Å². The van der Waals surface area contributed by atoms with Crippen LogP contribution in [0.3, 0.4) is 0 Å². The van der Waals surface area contributed by atoms with Crippen LogP contribution in [0.25, 0.3) is 10.1 Å². The zero-order chi connectivity index (χ0) is 11.9. The minimum Gasteiger partial charge on any atom is -0.507 e. The highest BCUT2D eigenvalue weighted by Crippen LogP contribution is 2.42. The molecule has 0 unspecified atom stereocenters. The average molecular weight is 301 g/mol. The fourth-order valence-electron chi connectivity index (χ4n) is 1.54. The van der Waals surface area contributed by atoms with Crippen molar-refractivity contribution in [2.45, 2.75) is 0 Å². The molecule has 0 aliphatic rings. The van der Waals surface area contributed by atoms with Crippen molar-refractivity contribution in [2.75, 3.05) is 12.4 Å². The van der Waals surface area contributed by atoms with Gasteiger partial charge in [-0.2, -0.15) is 0 Å². The van der Waals surface area contributed by atoms with Gasteiger partial charge in [-0.05, 0) is 28.1 Å². The van der Waals surface area contributed by atoms with Crippen LogP contribution in [-0.4, -0.2) is 18.1 Å². The number of hydrogen-bond acceptors (Lipinski definition) is 4. The number of primary amides is 1. The van der Waals surface area contributed by atoms with Gasteiger partial charge in [0.05, 0.1) is 14.7 Å². The molecule has 2 rings (SSSR count). The number of fused-ring (bicyclic) bond motifs is 1. The Morgan fingerprint density at radius 2 is 2.25 bits per heavy atom. The number of carbonyl (C=O) groups is 1. The van der Waals surface area contributed by atoms with Crippen molar-refractivity contribution >= 4 is 48.3 Å². The number of amides is 1. The van der Waals surface area contributed by atoms with Crippen molar-refractivity contribution < 1.29 is 9.90 Å². The summed E-state index contributed by atoms with van der Waals surface area (Å²) in [6, 6.07) is 3.22. The van der Waals surface area contributed by atoms with E-state index in [1.54, 1.807) is 13.1 Å². The van der Waals surface area contributed by atoms with Gasteiger partial charge in [-0.1, -0.05) is 0 Å². The third-order valence-electron chi connectivity index (χ3n) is 2.25. The quantitative estimate of drug-likeness (QED) is 0.798. The number of halogens is 1. The Bertz CT molecular complexity index is 580. The Hall–Kier alpha value is -1.27. The first-order valence-corrected chi connectivity index (χ1v) is 6.08. The largest absolute Gasteiger partial charge is 0.507 e. The standard InChI is InChI=1S/C10H9BrN2O2S/c1-13-10-6(9(12)15)4-2-3-5(14)7(11)8(4)16-10/h2-3,13-14H,1H3,(H2,12,15). The number of benzene rings is 1. The van der Waals surface area contributed by atoms with E-state index in [0.29, 0.717) is 15.0 Å². The second-order valence-corrected chi connectivity index (χ2v) is 5.01. The zero-order valence-corrected chi connectivity index (χ0v) is 10.8. The highest BCUT2D eigenvalue weighted by molar-refractivity contribution is 9.10. The molecule has 0 fully saturated rings. The maximum atomic E-state index is 11.4. The van der Waals surface area contributed by atoms with Crippen LogP contribution in [0, 0.1) is 0 Å². The number of hydrogen-bond donors (Lipinski definition) is 3. The Morgan fingerprint density at radius 1 is 1.56 bits per heavy atom. The van der Waals surface area contributed by atoms with E-state index in [1.165, 1.54) is 17.4 Å². The van der Waals surface area contributed by atoms with Crippen LogP contribution in [0.5, 0.6) is 5.75 Å². The SMILES string of the molecule is CNc1sc2c(Br)c(O)ccc2c1C(N)=O. The number of anilines is 1. The summed E-state index contributed by atoms with van der Waals surface area (Å²) in [6.45, 7) is 0. The normalized spacial score (nSPS) is 10.6. The summed E-state index contributed by atoms with van der Waals surface area (Å²) in [7, 11) is 1.73. The van der Waals surface area contributed by atoms with Crippen LogP contribution >= 0.6 is 27.3 Å². The van der Waals surface area contributed by atoms with Crippen molar-refractivity contribution in [1.29, 1.82) is 0 Å². The maximum absolute atomic E-state index is 11.4. The Kier molecular flexibility index (Phi) is 2.77. The molecule has 16 heavy (non-hydrogen) atoms. The molecule has 2 aromatic rings. The van der Waals surface area contributed by atoms with E-state index in [0.717, 1.165) is 10.1 Å². The van der Waals surface area contributed by atoms with Gasteiger partial charge in [0, 0.05) is 12.4 Å². The lowest BCUT2D eigenvalue weighted by Crippen LogP contribution is -2.11. The molecule has 1 amide bonds. The van der Waals surface area contributed by atoms with Gasteiger partial charge in [0.1, 0.15) is 10.8 Å². The summed E-state index contributed by atoms with van der Waals surface area (Å²) in [5.74, 6) is -0.333. The highest BCUT2D eigenvalue weighted by Gasteiger charge is 2.18. The molecule has 0 saturated carbocycles. The van der Waals surface area contributed by atoms with Crippen LogP contribution in [0.2, 0.25) is 0 Å². The minimum atomic E-state index is -0.479. The first-order valence-electron chi connectivity index (χ1n) is 4.47. The number of rotatable bonds is 2. The molecule has 0 aliphatic carbocycles. The van der Waals surface area contributed by atoms with E-state index in [-0.39, 0.29) is 5.75 Å². The molecule has 0 radical (unpaired) electrons. The smallest absolute Gasteiger partial charge is 0.252 e. The monoisotopic (exact) mass is 300 g/mol. The number of nitrogens with two attached hydrogens (primary N) is 1. The van der Waals surface area contributed by atoms with E-state index >= 15 is 0 Å². The molecule has 0 saturated heterocycles. The van der Waals surface area contributed by atoms with E-state index in [9.17, 15) is 9.90 Å². The van der Waals surface area contributed by atoms with Gasteiger partial charge < -0.3 is 16.2 Å². The second kappa shape index (κ2) is 3.95. The van der Waals surface area contributed by atoms with Gasteiger partial charge in [-0.3, -0.25) is 4.79 Å². The Morgan fingerprint density at radius 3 is 2.81 bits per heavy atom. The number of phenols is 1. The van der Waals surface area contributed by atoms with Crippen molar-refractivity contribution in [3.63, 3.8) is 0 Å². The van der Waals surface area contributed by atoms with E-state index < -0.39 is 5.91 Å². The first kappa shape index (κ1) is 11.2. The third-order valence-corrected chi connectivity index (χ3v) is 4.56. The summed E-state index contributed by atoms with van der Waals surface area (Å²) >= 11 is 4.66. The third kappa shape index (κ3) is 1.54. The molecule has 0 atom stereocenters. The van der Waals surface area contributed by atoms with Crippen molar-refractivity contribution in [2.24, 2.45) is 5.73 Å². The number of nitrogens with one attached hydrogen (secondary N) is 1. The van der Waals surface area contributed by atoms with Crippen molar-refractivity contribution in [3.05, 3.63) is 22.2 Å². The fourth-order valence-corrected chi connectivity index (χ4v) is 3.22. The lowest BCUT2D eigenvalue weighted by molar-refractivity contribution is 0.100. The lowest BCUT2D eigenvalue weighted by atomic mass is 10.1. The fraction of sp³-hybridized carbons (Fsp3) is 0.100. The first-order chi connectivity index (χ1) is 7.56. The van der Waals surface area contributed by atoms with Crippen LogP contribution in [0.15, 0.2) is 16.6 Å². The summed E-state index contributed by atoms with van der Waals surface area (Å²) in [5.41, 5.74) is 5.80. The molecule has 1 aromatic heterocycles. The predicted molar refractivity (Wildman–Crippen MR) is 69.3 cm³/mol. The number of phenolic OH excluding ortho intramolecular Hbond substituents is 1. The van der Waals surface area contributed by atoms with E-state index in [2.05, 4.69) is 21.2 Å². The van der Waals surface area contributed by atoms with Crippen LogP contribution < -0.4 is 11.1 Å². The molecule has 0 spiro atoms. The molecule has 84 valence electrons. The van der Waals surface area contributed by atoms with Crippen LogP contribution in [0.1, 0.15) is 10.4 Å². The minimum absolute atomic E-state index is 0.146. The Balaban J connectivity index is 2.88. The molecular weight excluding hydrogens is 292 g/mol. The second-order valence-electron chi connectivity index (χ2n) is 3.20. The van der Waals surface area contributed by atoms with Gasteiger partial charge in [0.25, 0.3) is 5.91 Å². The highest BCUT2D eigenvalue weighted by atomic mass is 79.9. The molecule has 0 aliphatic heterocycles.